The third-order valence-electron chi connectivity index (χ3n) is 2.92. The summed E-state index contributed by atoms with van der Waals surface area (Å²) in [4.78, 5) is 13.1. The zero-order valence-corrected chi connectivity index (χ0v) is 12.4. The lowest BCUT2D eigenvalue weighted by molar-refractivity contribution is 0.0532. The maximum atomic E-state index is 13.1. The van der Waals surface area contributed by atoms with Crippen LogP contribution in [0.3, 0.4) is 0 Å². The topological polar surface area (TPSA) is 80.8 Å². The van der Waals surface area contributed by atoms with E-state index in [0.717, 1.165) is 10.4 Å². The third kappa shape index (κ3) is 2.73. The van der Waals surface area contributed by atoms with Crippen LogP contribution in [0.4, 0.5) is 4.39 Å². The van der Waals surface area contributed by atoms with Gasteiger partial charge in [0.1, 0.15) is 10.7 Å². The van der Waals surface area contributed by atoms with Crippen LogP contribution < -0.4 is 0 Å². The number of tetrazole rings is 1. The molecule has 0 bridgehead atoms. The van der Waals surface area contributed by atoms with Crippen LogP contribution in [0.25, 0.3) is 21.8 Å². The van der Waals surface area contributed by atoms with Crippen LogP contribution in [0.1, 0.15) is 16.6 Å². The number of hydrogen-bond acceptors (Lipinski definition) is 6. The van der Waals surface area contributed by atoms with Crippen LogP contribution in [0.2, 0.25) is 0 Å². The standard InChI is InChI=1S/C14H11FN4O2S/c1-2-21-14(20)11-7-10(13-16-18-19-17-13)12(22-11)8-3-5-9(15)6-4-8/h3-7H,2H2,1H3,(H,16,17,18,19). The molecular formula is C14H11FN4O2S. The monoisotopic (exact) mass is 318 g/mol. The highest BCUT2D eigenvalue weighted by Gasteiger charge is 2.19. The van der Waals surface area contributed by atoms with E-state index in [0.29, 0.717) is 22.9 Å². The molecule has 0 saturated carbocycles. The van der Waals surface area contributed by atoms with E-state index in [4.69, 9.17) is 4.74 Å². The van der Waals surface area contributed by atoms with Gasteiger partial charge in [-0.25, -0.2) is 14.3 Å². The lowest BCUT2D eigenvalue weighted by atomic mass is 10.1. The molecular weight excluding hydrogens is 307 g/mol. The van der Waals surface area contributed by atoms with Crippen molar-refractivity contribution in [3.8, 4) is 21.8 Å². The van der Waals surface area contributed by atoms with Gasteiger partial charge in [0.15, 0.2) is 5.82 Å². The van der Waals surface area contributed by atoms with E-state index >= 15 is 0 Å². The van der Waals surface area contributed by atoms with Gasteiger partial charge in [-0.3, -0.25) is 0 Å². The molecule has 2 aromatic heterocycles. The zero-order chi connectivity index (χ0) is 15.5. The Morgan fingerprint density at radius 3 is 2.77 bits per heavy atom. The molecule has 8 heteroatoms. The zero-order valence-electron chi connectivity index (χ0n) is 11.5. The van der Waals surface area contributed by atoms with Gasteiger partial charge in [-0.05, 0) is 41.1 Å². The molecule has 2 heterocycles. The van der Waals surface area contributed by atoms with E-state index in [9.17, 15) is 9.18 Å². The van der Waals surface area contributed by atoms with Crippen molar-refractivity contribution in [1.82, 2.24) is 20.6 Å². The van der Waals surface area contributed by atoms with Gasteiger partial charge < -0.3 is 4.74 Å². The number of esters is 1. The Hall–Kier alpha value is -2.61. The van der Waals surface area contributed by atoms with Crippen LogP contribution in [0.15, 0.2) is 30.3 Å². The summed E-state index contributed by atoms with van der Waals surface area (Å²) in [5.41, 5.74) is 1.44. The summed E-state index contributed by atoms with van der Waals surface area (Å²) in [5, 5.41) is 13.6. The van der Waals surface area contributed by atoms with E-state index in [2.05, 4.69) is 20.6 Å². The van der Waals surface area contributed by atoms with Crippen molar-refractivity contribution in [2.45, 2.75) is 6.92 Å². The second kappa shape index (κ2) is 6.02. The number of aromatic amines is 1. The Bertz CT molecular complexity index is 784. The summed E-state index contributed by atoms with van der Waals surface area (Å²) >= 11 is 1.25. The predicted octanol–water partition coefficient (Wildman–Crippen LogP) is 2.91. The largest absolute Gasteiger partial charge is 0.462 e. The number of benzene rings is 1. The van der Waals surface area contributed by atoms with E-state index in [1.54, 1.807) is 25.1 Å². The fourth-order valence-corrected chi connectivity index (χ4v) is 3.02. The Morgan fingerprint density at radius 2 is 2.14 bits per heavy atom. The van der Waals surface area contributed by atoms with Crippen molar-refractivity contribution < 1.29 is 13.9 Å². The number of aromatic nitrogens is 4. The van der Waals surface area contributed by atoms with Gasteiger partial charge >= 0.3 is 5.97 Å². The molecule has 0 atom stereocenters. The number of carbonyl (C=O) groups is 1. The summed E-state index contributed by atoms with van der Waals surface area (Å²) in [6, 6.07) is 7.68. The fourth-order valence-electron chi connectivity index (χ4n) is 1.96. The van der Waals surface area contributed by atoms with E-state index in [1.165, 1.54) is 23.5 Å². The van der Waals surface area contributed by atoms with Gasteiger partial charge in [-0.2, -0.15) is 0 Å². The molecule has 0 amide bonds. The first-order valence-electron chi connectivity index (χ1n) is 6.50. The highest BCUT2D eigenvalue weighted by molar-refractivity contribution is 7.18. The Labute approximate surface area is 128 Å². The third-order valence-corrected chi connectivity index (χ3v) is 4.08. The van der Waals surface area contributed by atoms with Crippen LogP contribution in [-0.2, 0) is 4.74 Å². The average molecular weight is 318 g/mol. The van der Waals surface area contributed by atoms with Gasteiger partial charge in [0.2, 0.25) is 0 Å². The Morgan fingerprint density at radius 1 is 1.36 bits per heavy atom. The molecule has 0 aliphatic carbocycles. The number of hydrogen-bond donors (Lipinski definition) is 1. The number of nitrogens with zero attached hydrogens (tertiary/aromatic N) is 3. The normalized spacial score (nSPS) is 10.6. The molecule has 1 aromatic carbocycles. The molecule has 112 valence electrons. The Balaban J connectivity index is 2.10. The van der Waals surface area contributed by atoms with E-state index in [1.807, 2.05) is 0 Å². The summed E-state index contributed by atoms with van der Waals surface area (Å²) in [6.45, 7) is 2.04. The maximum Gasteiger partial charge on any atom is 0.348 e. The molecule has 1 N–H and O–H groups in total. The number of halogens is 1. The predicted molar refractivity (Wildman–Crippen MR) is 78.8 cm³/mol. The molecule has 6 nitrogen and oxygen atoms in total. The lowest BCUT2D eigenvalue weighted by Crippen LogP contribution is -2.01. The van der Waals surface area contributed by atoms with Gasteiger partial charge in [-0.15, -0.1) is 16.4 Å². The van der Waals surface area contributed by atoms with Crippen LogP contribution in [0, 0.1) is 5.82 Å². The van der Waals surface area contributed by atoms with Crippen molar-refractivity contribution >= 4 is 17.3 Å². The van der Waals surface area contributed by atoms with Gasteiger partial charge in [0.05, 0.1) is 6.61 Å². The second-order valence-electron chi connectivity index (χ2n) is 4.33. The molecule has 0 aliphatic heterocycles. The molecule has 0 radical (unpaired) electrons. The minimum atomic E-state index is -0.408. The smallest absolute Gasteiger partial charge is 0.348 e. The number of carbonyl (C=O) groups excluding carboxylic acids is 1. The first-order chi connectivity index (χ1) is 10.7. The minimum absolute atomic E-state index is 0.293. The highest BCUT2D eigenvalue weighted by Crippen LogP contribution is 2.38. The Kier molecular flexibility index (Phi) is 3.92. The summed E-state index contributed by atoms with van der Waals surface area (Å²) in [5.74, 6) is -0.297. The van der Waals surface area contributed by atoms with Crippen molar-refractivity contribution in [3.05, 3.63) is 41.0 Å². The summed E-state index contributed by atoms with van der Waals surface area (Å²) < 4.78 is 18.1. The van der Waals surface area contributed by atoms with Gasteiger partial charge in [-0.1, -0.05) is 12.1 Å². The van der Waals surface area contributed by atoms with E-state index in [-0.39, 0.29) is 5.82 Å². The minimum Gasteiger partial charge on any atom is -0.462 e. The number of ether oxygens (including phenoxy) is 1. The van der Waals surface area contributed by atoms with Gasteiger partial charge in [0.25, 0.3) is 0 Å². The quantitative estimate of drug-likeness (QED) is 0.748. The maximum absolute atomic E-state index is 13.1. The fraction of sp³-hybridized carbons (Fsp3) is 0.143. The first-order valence-corrected chi connectivity index (χ1v) is 7.31. The summed E-state index contributed by atoms with van der Waals surface area (Å²) in [7, 11) is 0. The second-order valence-corrected chi connectivity index (χ2v) is 5.38. The van der Waals surface area contributed by atoms with Crippen molar-refractivity contribution in [2.75, 3.05) is 6.61 Å². The highest BCUT2D eigenvalue weighted by atomic mass is 32.1. The molecule has 0 saturated heterocycles. The van der Waals surface area contributed by atoms with Crippen LogP contribution >= 0.6 is 11.3 Å². The molecule has 0 aliphatic rings. The van der Waals surface area contributed by atoms with Crippen LogP contribution in [-0.4, -0.2) is 33.2 Å². The number of nitrogens with one attached hydrogen (secondary N) is 1. The van der Waals surface area contributed by atoms with Crippen molar-refractivity contribution in [3.63, 3.8) is 0 Å². The average Bonchev–Trinajstić information content (AvgIpc) is 3.17. The summed E-state index contributed by atoms with van der Waals surface area (Å²) in [6.07, 6.45) is 0. The molecule has 0 spiro atoms. The van der Waals surface area contributed by atoms with Gasteiger partial charge in [0, 0.05) is 10.4 Å². The number of rotatable bonds is 4. The molecule has 22 heavy (non-hydrogen) atoms. The van der Waals surface area contributed by atoms with Crippen molar-refractivity contribution in [2.24, 2.45) is 0 Å². The molecule has 0 fully saturated rings. The molecule has 3 rings (SSSR count). The molecule has 0 unspecified atom stereocenters. The van der Waals surface area contributed by atoms with Crippen LogP contribution in [0.5, 0.6) is 0 Å². The SMILES string of the molecule is CCOC(=O)c1cc(-c2nnn[nH]2)c(-c2ccc(F)cc2)s1. The number of H-pyrrole nitrogens is 1. The molecule has 3 aromatic rings. The lowest BCUT2D eigenvalue weighted by Gasteiger charge is -2.00. The van der Waals surface area contributed by atoms with Crippen molar-refractivity contribution in [1.29, 1.82) is 0 Å². The van der Waals surface area contributed by atoms with E-state index < -0.39 is 5.97 Å². The number of thiophene rings is 1. The first kappa shape index (κ1) is 14.3.